The van der Waals surface area contributed by atoms with Gasteiger partial charge in [0.1, 0.15) is 28.8 Å². The van der Waals surface area contributed by atoms with Crippen LogP contribution < -0.4 is 35.9 Å². The first-order valence-electron chi connectivity index (χ1n) is 15.6. The zero-order chi connectivity index (χ0) is 34.3. The van der Waals surface area contributed by atoms with Crippen molar-refractivity contribution in [2.75, 3.05) is 30.2 Å². The molecule has 0 unspecified atom stereocenters. The first-order valence-corrected chi connectivity index (χ1v) is 15.6. The van der Waals surface area contributed by atoms with Crippen LogP contribution in [0.4, 0.5) is 27.7 Å². The van der Waals surface area contributed by atoms with E-state index >= 15 is 0 Å². The summed E-state index contributed by atoms with van der Waals surface area (Å²) in [7, 11) is 3.09. The Labute approximate surface area is 279 Å². The van der Waals surface area contributed by atoms with Gasteiger partial charge in [-0.05, 0) is 41.7 Å². The van der Waals surface area contributed by atoms with Crippen molar-refractivity contribution >= 4 is 45.6 Å². The van der Waals surface area contributed by atoms with Gasteiger partial charge in [0.25, 0.3) is 0 Å². The summed E-state index contributed by atoms with van der Waals surface area (Å²) in [6, 6.07) is 19.9. The van der Waals surface area contributed by atoms with E-state index in [1.54, 1.807) is 50.0 Å². The van der Waals surface area contributed by atoms with Crippen molar-refractivity contribution in [2.45, 2.75) is 45.4 Å². The first kappa shape index (κ1) is 33.5. The maximum absolute atomic E-state index is 13.5. The summed E-state index contributed by atoms with van der Waals surface area (Å²) in [5.41, 5.74) is 8.69. The van der Waals surface area contributed by atoms with Gasteiger partial charge in [0, 0.05) is 34.7 Å². The van der Waals surface area contributed by atoms with E-state index in [4.69, 9.17) is 19.9 Å². The first-order chi connectivity index (χ1) is 23.1. The lowest BCUT2D eigenvalue weighted by Crippen LogP contribution is -2.23. The number of primary amides is 1. The Morgan fingerprint density at radius 1 is 0.875 bits per heavy atom. The van der Waals surface area contributed by atoms with Crippen LogP contribution in [0.1, 0.15) is 44.7 Å². The van der Waals surface area contributed by atoms with E-state index in [1.165, 1.54) is 7.11 Å². The second kappa shape index (κ2) is 14.7. The molecule has 0 aliphatic rings. The number of carbonyl (C=O) groups is 2. The fourth-order valence-electron chi connectivity index (χ4n) is 5.66. The van der Waals surface area contributed by atoms with Gasteiger partial charge in [-0.25, -0.2) is 9.78 Å². The lowest BCUT2D eigenvalue weighted by molar-refractivity contribution is -0.117. The summed E-state index contributed by atoms with van der Waals surface area (Å²) in [6.07, 6.45) is 6.81. The van der Waals surface area contributed by atoms with Gasteiger partial charge in [-0.15, -0.1) is 0 Å². The Hall–Kier alpha value is -5.84. The molecule has 0 radical (unpaired) electrons. The minimum absolute atomic E-state index is 0.0190. The molecular formula is C37H40N6O5. The quantitative estimate of drug-likeness (QED) is 0.101. The van der Waals surface area contributed by atoms with E-state index in [0.29, 0.717) is 45.8 Å². The van der Waals surface area contributed by atoms with Crippen LogP contribution in [-0.2, 0) is 16.6 Å². The molecule has 5 N–H and O–H groups in total. The maximum atomic E-state index is 13.5. The summed E-state index contributed by atoms with van der Waals surface area (Å²) >= 11 is 0. The molecule has 0 atom stereocenters. The van der Waals surface area contributed by atoms with Crippen LogP contribution in [0.2, 0.25) is 0 Å². The number of pyridine rings is 2. The molecule has 0 bridgehead atoms. The number of fused-ring (bicyclic) bond motifs is 1. The zero-order valence-corrected chi connectivity index (χ0v) is 27.7. The molecule has 0 aliphatic carbocycles. The molecule has 5 aromatic rings. The molecule has 0 fully saturated rings. The van der Waals surface area contributed by atoms with Crippen molar-refractivity contribution in [2.24, 2.45) is 5.73 Å². The van der Waals surface area contributed by atoms with E-state index in [2.05, 4.69) is 46.7 Å². The molecule has 11 heteroatoms. The van der Waals surface area contributed by atoms with E-state index in [1.807, 2.05) is 42.5 Å². The van der Waals surface area contributed by atoms with Gasteiger partial charge in [-0.3, -0.25) is 9.78 Å². The van der Waals surface area contributed by atoms with E-state index in [0.717, 1.165) is 34.9 Å². The lowest BCUT2D eigenvalue weighted by Gasteiger charge is -2.27. The number of nitrogens with zero attached hydrogens (tertiary/aromatic N) is 2. The predicted octanol–water partition coefficient (Wildman–Crippen LogP) is 7.93. The maximum Gasteiger partial charge on any atom is 0.323 e. The SMILES string of the molecule is CCCC(C)(C)c1cc(CC(N)=O)c(OC)c(NC(=O)Nc2ccc(Oc3ccnc(Nc4cncc(OC)c4)c3)c3ccccc23)c1. The largest absolute Gasteiger partial charge is 0.495 e. The fourth-order valence-corrected chi connectivity index (χ4v) is 5.66. The average molecular weight is 649 g/mol. The molecule has 2 aromatic heterocycles. The van der Waals surface area contributed by atoms with Gasteiger partial charge in [0.2, 0.25) is 5.91 Å². The number of rotatable bonds is 13. The molecule has 48 heavy (non-hydrogen) atoms. The van der Waals surface area contributed by atoms with Gasteiger partial charge in [-0.2, -0.15) is 0 Å². The van der Waals surface area contributed by atoms with Crippen LogP contribution >= 0.6 is 0 Å². The summed E-state index contributed by atoms with van der Waals surface area (Å²) in [5.74, 6) is 2.26. The van der Waals surface area contributed by atoms with E-state index in [9.17, 15) is 9.59 Å². The molecule has 0 spiro atoms. The molecule has 5 rings (SSSR count). The van der Waals surface area contributed by atoms with Crippen LogP contribution in [0.3, 0.4) is 0 Å². The van der Waals surface area contributed by atoms with Gasteiger partial charge in [-0.1, -0.05) is 57.5 Å². The number of nitrogens with one attached hydrogen (secondary N) is 3. The minimum Gasteiger partial charge on any atom is -0.495 e. The standard InChI is InChI=1S/C37H40N6O5/c1-6-14-37(2,3)24-16-23(17-33(38)44)35(47-5)31(18-24)43-36(45)42-30-11-12-32(29-10-8-7-9-28(29)30)48-26-13-15-40-34(20-26)41-25-19-27(46-4)22-39-21-25/h7-13,15-16,18-22H,6,14,17H2,1-5H3,(H2,38,44)(H,40,41)(H2,42,43,45). The van der Waals surface area contributed by atoms with Crippen molar-refractivity contribution in [3.05, 3.63) is 96.4 Å². The van der Waals surface area contributed by atoms with Gasteiger partial charge in [0.05, 0.1) is 50.1 Å². The van der Waals surface area contributed by atoms with E-state index in [-0.39, 0.29) is 11.8 Å². The van der Waals surface area contributed by atoms with Crippen molar-refractivity contribution < 1.29 is 23.8 Å². The number of carbonyl (C=O) groups excluding carboxylic acids is 2. The Morgan fingerprint density at radius 3 is 2.38 bits per heavy atom. The highest BCUT2D eigenvalue weighted by Gasteiger charge is 2.24. The molecule has 11 nitrogen and oxygen atoms in total. The summed E-state index contributed by atoms with van der Waals surface area (Å²) < 4.78 is 17.2. The van der Waals surface area contributed by atoms with Crippen molar-refractivity contribution in [3.63, 3.8) is 0 Å². The highest BCUT2D eigenvalue weighted by Crippen LogP contribution is 2.39. The van der Waals surface area contributed by atoms with Crippen LogP contribution in [-0.4, -0.2) is 36.1 Å². The number of urea groups is 1. The van der Waals surface area contributed by atoms with Gasteiger partial charge >= 0.3 is 6.03 Å². The lowest BCUT2D eigenvalue weighted by atomic mass is 9.79. The number of hydrogen-bond donors (Lipinski definition) is 4. The Balaban J connectivity index is 1.39. The van der Waals surface area contributed by atoms with Crippen molar-refractivity contribution in [3.8, 4) is 23.0 Å². The number of benzene rings is 3. The normalized spacial score (nSPS) is 11.1. The van der Waals surface area contributed by atoms with Crippen molar-refractivity contribution in [1.29, 1.82) is 0 Å². The third kappa shape index (κ3) is 7.92. The molecule has 2 heterocycles. The van der Waals surface area contributed by atoms with Crippen LogP contribution in [0.5, 0.6) is 23.0 Å². The number of nitrogens with two attached hydrogens (primary N) is 1. The monoisotopic (exact) mass is 648 g/mol. The number of aromatic nitrogens is 2. The molecule has 0 aliphatic heterocycles. The molecule has 3 aromatic carbocycles. The van der Waals surface area contributed by atoms with Crippen LogP contribution in [0.25, 0.3) is 10.8 Å². The number of methoxy groups -OCH3 is 2. The summed E-state index contributed by atoms with van der Waals surface area (Å²) in [4.78, 5) is 34.0. The van der Waals surface area contributed by atoms with Crippen LogP contribution in [0.15, 0.2) is 85.3 Å². The zero-order valence-electron chi connectivity index (χ0n) is 27.7. The van der Waals surface area contributed by atoms with E-state index < -0.39 is 11.9 Å². The van der Waals surface area contributed by atoms with Crippen LogP contribution in [0, 0.1) is 0 Å². The summed E-state index contributed by atoms with van der Waals surface area (Å²) in [6.45, 7) is 6.39. The molecule has 0 saturated heterocycles. The predicted molar refractivity (Wildman–Crippen MR) is 189 cm³/mol. The Bertz CT molecular complexity index is 1940. The third-order valence-electron chi connectivity index (χ3n) is 7.95. The number of ether oxygens (including phenoxy) is 3. The average Bonchev–Trinajstić information content (AvgIpc) is 3.06. The van der Waals surface area contributed by atoms with Gasteiger partial charge in [0.15, 0.2) is 0 Å². The second-order valence-corrected chi connectivity index (χ2v) is 11.9. The highest BCUT2D eigenvalue weighted by atomic mass is 16.5. The molecule has 3 amide bonds. The highest BCUT2D eigenvalue weighted by molar-refractivity contribution is 6.08. The Morgan fingerprint density at radius 2 is 1.65 bits per heavy atom. The summed E-state index contributed by atoms with van der Waals surface area (Å²) in [5, 5.41) is 10.7. The van der Waals surface area contributed by atoms with Crippen molar-refractivity contribution in [1.82, 2.24) is 9.97 Å². The fraction of sp³-hybridized carbons (Fsp3) is 0.243. The second-order valence-electron chi connectivity index (χ2n) is 11.9. The molecule has 248 valence electrons. The number of amides is 3. The smallest absolute Gasteiger partial charge is 0.323 e. The minimum atomic E-state index is -0.489. The number of hydrogen-bond acceptors (Lipinski definition) is 8. The topological polar surface area (TPSA) is 150 Å². The number of anilines is 4. The third-order valence-corrected chi connectivity index (χ3v) is 7.95. The van der Waals surface area contributed by atoms with Gasteiger partial charge < -0.3 is 35.9 Å². The molecule has 0 saturated carbocycles. The Kier molecular flexibility index (Phi) is 10.3. The molecular weight excluding hydrogens is 608 g/mol.